The number of hydrogen-bond acceptors (Lipinski definition) is 3. The largest absolute Gasteiger partial charge is 0.379 e. The predicted octanol–water partition coefficient (Wildman–Crippen LogP) is 0.414. The molecule has 13 heavy (non-hydrogen) atoms. The Kier molecular flexibility index (Phi) is 3.58. The molecule has 2 heterocycles. The van der Waals surface area contributed by atoms with E-state index in [9.17, 15) is 0 Å². The monoisotopic (exact) mass is 184 g/mol. The van der Waals surface area contributed by atoms with Crippen LogP contribution in [-0.2, 0) is 4.74 Å². The summed E-state index contributed by atoms with van der Waals surface area (Å²) >= 11 is 0. The summed E-state index contributed by atoms with van der Waals surface area (Å²) in [7, 11) is 0. The van der Waals surface area contributed by atoms with Crippen LogP contribution in [0.5, 0.6) is 0 Å². The zero-order chi connectivity index (χ0) is 8.93. The van der Waals surface area contributed by atoms with Gasteiger partial charge in [0, 0.05) is 26.2 Å². The molecule has 2 saturated heterocycles. The number of nitrogens with zero attached hydrogens (tertiary/aromatic N) is 2. The van der Waals surface area contributed by atoms with E-state index in [1.807, 2.05) is 0 Å². The number of likely N-dealkylation sites (tertiary alicyclic amines) is 1. The Morgan fingerprint density at radius 2 is 1.31 bits per heavy atom. The van der Waals surface area contributed by atoms with E-state index in [0.717, 1.165) is 26.3 Å². The summed E-state index contributed by atoms with van der Waals surface area (Å²) in [4.78, 5) is 5.09. The van der Waals surface area contributed by atoms with Gasteiger partial charge < -0.3 is 9.64 Å². The molecule has 0 atom stereocenters. The molecule has 3 heteroatoms. The van der Waals surface area contributed by atoms with Gasteiger partial charge in [-0.25, -0.2) is 0 Å². The molecule has 0 radical (unpaired) electrons. The van der Waals surface area contributed by atoms with Crippen molar-refractivity contribution >= 4 is 0 Å². The van der Waals surface area contributed by atoms with Crippen molar-refractivity contribution in [3.8, 4) is 0 Å². The second-order valence-electron chi connectivity index (χ2n) is 4.00. The van der Waals surface area contributed by atoms with Crippen molar-refractivity contribution in [3.63, 3.8) is 0 Å². The fourth-order valence-corrected chi connectivity index (χ4v) is 2.11. The van der Waals surface area contributed by atoms with Crippen molar-refractivity contribution < 1.29 is 4.74 Å². The summed E-state index contributed by atoms with van der Waals surface area (Å²) in [5.74, 6) is 0. The van der Waals surface area contributed by atoms with Crippen molar-refractivity contribution in [2.45, 2.75) is 12.8 Å². The standard InChI is InChI=1S/C10H20N2O/c1-2-4-11(3-1)5-6-12-7-9-13-10-8-12/h1-10H2. The summed E-state index contributed by atoms with van der Waals surface area (Å²) in [5.41, 5.74) is 0. The van der Waals surface area contributed by atoms with E-state index in [1.54, 1.807) is 0 Å². The van der Waals surface area contributed by atoms with Crippen LogP contribution >= 0.6 is 0 Å². The maximum Gasteiger partial charge on any atom is 0.0594 e. The van der Waals surface area contributed by atoms with Crippen molar-refractivity contribution in [1.82, 2.24) is 9.80 Å². The van der Waals surface area contributed by atoms with E-state index >= 15 is 0 Å². The Morgan fingerprint density at radius 3 is 1.92 bits per heavy atom. The molecule has 0 spiro atoms. The average molecular weight is 184 g/mol. The van der Waals surface area contributed by atoms with Gasteiger partial charge in [0.05, 0.1) is 13.2 Å². The highest BCUT2D eigenvalue weighted by Gasteiger charge is 2.14. The highest BCUT2D eigenvalue weighted by Crippen LogP contribution is 2.07. The van der Waals surface area contributed by atoms with Crippen LogP contribution in [0.15, 0.2) is 0 Å². The van der Waals surface area contributed by atoms with Crippen LogP contribution in [0.3, 0.4) is 0 Å². The van der Waals surface area contributed by atoms with Crippen LogP contribution in [0.4, 0.5) is 0 Å². The average Bonchev–Trinajstić information content (AvgIpc) is 2.69. The zero-order valence-electron chi connectivity index (χ0n) is 8.37. The molecular weight excluding hydrogens is 164 g/mol. The molecule has 0 N–H and O–H groups in total. The Hall–Kier alpha value is -0.120. The smallest absolute Gasteiger partial charge is 0.0594 e. The first-order chi connectivity index (χ1) is 6.45. The Balaban J connectivity index is 1.60. The minimum atomic E-state index is 0.931. The third kappa shape index (κ3) is 2.93. The lowest BCUT2D eigenvalue weighted by Crippen LogP contribution is -2.40. The Morgan fingerprint density at radius 1 is 0.769 bits per heavy atom. The van der Waals surface area contributed by atoms with Crippen LogP contribution in [0.2, 0.25) is 0 Å². The second-order valence-corrected chi connectivity index (χ2v) is 4.00. The van der Waals surface area contributed by atoms with Crippen molar-refractivity contribution in [1.29, 1.82) is 0 Å². The van der Waals surface area contributed by atoms with Gasteiger partial charge in [0.2, 0.25) is 0 Å². The van der Waals surface area contributed by atoms with Gasteiger partial charge in [0.25, 0.3) is 0 Å². The van der Waals surface area contributed by atoms with E-state index in [1.165, 1.54) is 39.0 Å². The Bertz CT molecular complexity index is 140. The fourth-order valence-electron chi connectivity index (χ4n) is 2.11. The molecule has 0 unspecified atom stereocenters. The minimum absolute atomic E-state index is 0.931. The van der Waals surface area contributed by atoms with Gasteiger partial charge in [0.15, 0.2) is 0 Å². The molecule has 2 rings (SSSR count). The molecular formula is C10H20N2O. The van der Waals surface area contributed by atoms with Gasteiger partial charge in [-0.1, -0.05) is 0 Å². The lowest BCUT2D eigenvalue weighted by atomic mass is 10.4. The quantitative estimate of drug-likeness (QED) is 0.632. The lowest BCUT2D eigenvalue weighted by Gasteiger charge is -2.28. The molecule has 3 nitrogen and oxygen atoms in total. The van der Waals surface area contributed by atoms with Crippen molar-refractivity contribution in [2.24, 2.45) is 0 Å². The third-order valence-electron chi connectivity index (χ3n) is 3.03. The summed E-state index contributed by atoms with van der Waals surface area (Å²) < 4.78 is 5.32. The van der Waals surface area contributed by atoms with E-state index in [2.05, 4.69) is 9.80 Å². The topological polar surface area (TPSA) is 15.7 Å². The van der Waals surface area contributed by atoms with Gasteiger partial charge in [0.1, 0.15) is 0 Å². The number of hydrogen-bond donors (Lipinski definition) is 0. The number of morpholine rings is 1. The van der Waals surface area contributed by atoms with Crippen LogP contribution in [0, 0.1) is 0 Å². The normalized spacial score (nSPS) is 26.8. The summed E-state index contributed by atoms with van der Waals surface area (Å²) in [6.07, 6.45) is 2.81. The van der Waals surface area contributed by atoms with E-state index in [4.69, 9.17) is 4.74 Å². The fraction of sp³-hybridized carbons (Fsp3) is 1.00. The maximum absolute atomic E-state index is 5.32. The molecule has 0 saturated carbocycles. The first-order valence-electron chi connectivity index (χ1n) is 5.47. The zero-order valence-corrected chi connectivity index (χ0v) is 8.37. The third-order valence-corrected chi connectivity index (χ3v) is 3.03. The number of rotatable bonds is 3. The van der Waals surface area contributed by atoms with Gasteiger partial charge >= 0.3 is 0 Å². The molecule has 0 aromatic rings. The van der Waals surface area contributed by atoms with Crippen LogP contribution in [0.25, 0.3) is 0 Å². The van der Waals surface area contributed by atoms with Crippen molar-refractivity contribution in [3.05, 3.63) is 0 Å². The minimum Gasteiger partial charge on any atom is -0.379 e. The van der Waals surface area contributed by atoms with Gasteiger partial charge in [-0.15, -0.1) is 0 Å². The summed E-state index contributed by atoms with van der Waals surface area (Å²) in [6, 6.07) is 0. The van der Waals surface area contributed by atoms with Crippen LogP contribution in [0.1, 0.15) is 12.8 Å². The second kappa shape index (κ2) is 4.94. The molecule has 0 aliphatic carbocycles. The first-order valence-corrected chi connectivity index (χ1v) is 5.47. The van der Waals surface area contributed by atoms with E-state index in [-0.39, 0.29) is 0 Å². The predicted molar refractivity (Wildman–Crippen MR) is 52.9 cm³/mol. The van der Waals surface area contributed by atoms with Crippen LogP contribution < -0.4 is 0 Å². The highest BCUT2D eigenvalue weighted by molar-refractivity contribution is 4.69. The number of ether oxygens (including phenoxy) is 1. The highest BCUT2D eigenvalue weighted by atomic mass is 16.5. The SMILES string of the molecule is C1CCN(CCN2CCOCC2)C1. The molecule has 2 aliphatic heterocycles. The van der Waals surface area contributed by atoms with E-state index in [0.29, 0.717) is 0 Å². The molecule has 0 bridgehead atoms. The van der Waals surface area contributed by atoms with Gasteiger partial charge in [-0.3, -0.25) is 4.90 Å². The lowest BCUT2D eigenvalue weighted by molar-refractivity contribution is 0.0344. The molecule has 0 amide bonds. The maximum atomic E-state index is 5.32. The molecule has 2 fully saturated rings. The molecule has 2 aliphatic rings. The van der Waals surface area contributed by atoms with Crippen LogP contribution in [-0.4, -0.2) is 62.3 Å². The summed E-state index contributed by atoms with van der Waals surface area (Å²) in [5, 5.41) is 0. The summed E-state index contributed by atoms with van der Waals surface area (Å²) in [6.45, 7) is 9.28. The van der Waals surface area contributed by atoms with Gasteiger partial charge in [-0.2, -0.15) is 0 Å². The first kappa shape index (κ1) is 9.44. The molecule has 0 aromatic heterocycles. The van der Waals surface area contributed by atoms with E-state index < -0.39 is 0 Å². The van der Waals surface area contributed by atoms with Crippen molar-refractivity contribution in [2.75, 3.05) is 52.5 Å². The molecule has 76 valence electrons. The van der Waals surface area contributed by atoms with Gasteiger partial charge in [-0.05, 0) is 25.9 Å². The molecule has 0 aromatic carbocycles. The Labute approximate surface area is 80.6 Å².